The van der Waals surface area contributed by atoms with Gasteiger partial charge in [0.05, 0.1) is 6.54 Å². The van der Waals surface area contributed by atoms with Gasteiger partial charge in [0.15, 0.2) is 0 Å². The lowest BCUT2D eigenvalue weighted by molar-refractivity contribution is 0.306. The summed E-state index contributed by atoms with van der Waals surface area (Å²) >= 11 is 0. The van der Waals surface area contributed by atoms with Crippen LogP contribution in [0.4, 0.5) is 4.39 Å². The van der Waals surface area contributed by atoms with Crippen molar-refractivity contribution in [3.05, 3.63) is 47.8 Å². The highest BCUT2D eigenvalue weighted by atomic mass is 19.1. The SMILES string of the molecule is CN(Cc1cc(F)cc(B(O)O)c1)Cc1nccn1C. The first-order valence-corrected chi connectivity index (χ1v) is 6.26. The minimum absolute atomic E-state index is 0.158. The molecule has 5 nitrogen and oxygen atoms in total. The molecule has 1 heterocycles. The van der Waals surface area contributed by atoms with E-state index in [1.54, 1.807) is 12.3 Å². The van der Waals surface area contributed by atoms with Gasteiger partial charge in [0.2, 0.25) is 0 Å². The van der Waals surface area contributed by atoms with Crippen LogP contribution in [0, 0.1) is 5.82 Å². The standard InChI is InChI=1S/C13H17BFN3O2/c1-17(9-13-16-3-4-18(13)2)8-10-5-11(14(19)20)7-12(15)6-10/h3-7,19-20H,8-9H2,1-2H3. The van der Waals surface area contributed by atoms with Crippen molar-refractivity contribution in [2.75, 3.05) is 7.05 Å². The van der Waals surface area contributed by atoms with Crippen molar-refractivity contribution < 1.29 is 14.4 Å². The Morgan fingerprint density at radius 2 is 2.05 bits per heavy atom. The van der Waals surface area contributed by atoms with Crippen LogP contribution in [0.1, 0.15) is 11.4 Å². The number of rotatable bonds is 5. The van der Waals surface area contributed by atoms with Crippen LogP contribution in [0.5, 0.6) is 0 Å². The first-order valence-electron chi connectivity index (χ1n) is 6.26. The minimum Gasteiger partial charge on any atom is -0.423 e. The maximum atomic E-state index is 13.4. The molecule has 2 rings (SSSR count). The molecule has 1 aromatic heterocycles. The second-order valence-electron chi connectivity index (χ2n) is 4.89. The molecule has 0 radical (unpaired) electrons. The Hall–Kier alpha value is -1.70. The predicted octanol–water partition coefficient (Wildman–Crippen LogP) is -0.129. The van der Waals surface area contributed by atoms with Gasteiger partial charge in [-0.05, 0) is 30.2 Å². The first kappa shape index (κ1) is 14.7. The Balaban J connectivity index is 2.07. The zero-order valence-corrected chi connectivity index (χ0v) is 11.5. The van der Waals surface area contributed by atoms with Gasteiger partial charge in [-0.25, -0.2) is 9.37 Å². The van der Waals surface area contributed by atoms with Gasteiger partial charge in [-0.3, -0.25) is 4.90 Å². The summed E-state index contributed by atoms with van der Waals surface area (Å²) in [7, 11) is 2.15. The third-order valence-electron chi connectivity index (χ3n) is 3.06. The number of imidazole rings is 1. The number of halogens is 1. The third kappa shape index (κ3) is 3.66. The molecule has 0 aliphatic carbocycles. The average molecular weight is 277 g/mol. The molecule has 0 aliphatic rings. The second kappa shape index (κ2) is 6.17. The van der Waals surface area contributed by atoms with Gasteiger partial charge in [-0.2, -0.15) is 0 Å². The van der Waals surface area contributed by atoms with Crippen molar-refractivity contribution in [2.45, 2.75) is 13.1 Å². The Morgan fingerprint density at radius 1 is 1.30 bits per heavy atom. The largest absolute Gasteiger partial charge is 0.488 e. The number of benzene rings is 1. The maximum Gasteiger partial charge on any atom is 0.488 e. The maximum absolute atomic E-state index is 13.4. The van der Waals surface area contributed by atoms with Crippen molar-refractivity contribution in [2.24, 2.45) is 7.05 Å². The van der Waals surface area contributed by atoms with Gasteiger partial charge < -0.3 is 14.6 Å². The van der Waals surface area contributed by atoms with Gasteiger partial charge in [-0.15, -0.1) is 0 Å². The Morgan fingerprint density at radius 3 is 2.65 bits per heavy atom. The highest BCUT2D eigenvalue weighted by molar-refractivity contribution is 6.58. The fourth-order valence-corrected chi connectivity index (χ4v) is 2.07. The number of aromatic nitrogens is 2. The van der Waals surface area contributed by atoms with Gasteiger partial charge in [-0.1, -0.05) is 6.07 Å². The van der Waals surface area contributed by atoms with Crippen molar-refractivity contribution in [3.8, 4) is 0 Å². The summed E-state index contributed by atoms with van der Waals surface area (Å²) in [6, 6.07) is 4.09. The predicted molar refractivity (Wildman–Crippen MR) is 74.6 cm³/mol. The molecule has 2 aromatic rings. The van der Waals surface area contributed by atoms with E-state index >= 15 is 0 Å². The average Bonchev–Trinajstić information content (AvgIpc) is 2.74. The quantitative estimate of drug-likeness (QED) is 0.747. The molecule has 0 fully saturated rings. The molecule has 0 spiro atoms. The Labute approximate surface area is 117 Å². The Kier molecular flexibility index (Phi) is 4.54. The zero-order chi connectivity index (χ0) is 14.7. The van der Waals surface area contributed by atoms with Crippen LogP contribution in [-0.2, 0) is 20.1 Å². The lowest BCUT2D eigenvalue weighted by Gasteiger charge is -2.17. The van der Waals surface area contributed by atoms with Crippen LogP contribution in [-0.4, -0.2) is 38.7 Å². The first-order chi connectivity index (χ1) is 9.45. The Bertz CT molecular complexity index is 589. The van der Waals surface area contributed by atoms with E-state index in [0.717, 1.165) is 11.9 Å². The lowest BCUT2D eigenvalue weighted by atomic mass is 9.79. The van der Waals surface area contributed by atoms with E-state index in [-0.39, 0.29) is 5.46 Å². The molecule has 0 atom stereocenters. The molecule has 7 heteroatoms. The van der Waals surface area contributed by atoms with Gasteiger partial charge in [0.1, 0.15) is 11.6 Å². The van der Waals surface area contributed by atoms with Gasteiger partial charge in [0.25, 0.3) is 0 Å². The third-order valence-corrected chi connectivity index (χ3v) is 3.06. The van der Waals surface area contributed by atoms with E-state index in [0.29, 0.717) is 18.7 Å². The van der Waals surface area contributed by atoms with E-state index in [2.05, 4.69) is 4.98 Å². The topological polar surface area (TPSA) is 61.5 Å². The van der Waals surface area contributed by atoms with Crippen LogP contribution in [0.3, 0.4) is 0 Å². The molecule has 1 aromatic carbocycles. The molecule has 106 valence electrons. The van der Waals surface area contributed by atoms with E-state index in [4.69, 9.17) is 10.0 Å². The highest BCUT2D eigenvalue weighted by Gasteiger charge is 2.14. The van der Waals surface area contributed by atoms with E-state index in [9.17, 15) is 4.39 Å². The monoisotopic (exact) mass is 277 g/mol. The molecule has 0 saturated heterocycles. The van der Waals surface area contributed by atoms with Gasteiger partial charge >= 0.3 is 7.12 Å². The molecular formula is C13H17BFN3O2. The van der Waals surface area contributed by atoms with Crippen LogP contribution in [0.25, 0.3) is 0 Å². The highest BCUT2D eigenvalue weighted by Crippen LogP contribution is 2.08. The van der Waals surface area contributed by atoms with Crippen molar-refractivity contribution in [1.29, 1.82) is 0 Å². The normalized spacial score (nSPS) is 11.1. The summed E-state index contributed by atoms with van der Waals surface area (Å²) in [6.45, 7) is 1.11. The summed E-state index contributed by atoms with van der Waals surface area (Å²) < 4.78 is 15.3. The van der Waals surface area contributed by atoms with E-state index < -0.39 is 12.9 Å². The molecule has 0 amide bonds. The summed E-state index contributed by atoms with van der Waals surface area (Å²) in [5.74, 6) is 0.433. The molecule has 0 unspecified atom stereocenters. The summed E-state index contributed by atoms with van der Waals surface area (Å²) in [5, 5.41) is 18.2. The second-order valence-corrected chi connectivity index (χ2v) is 4.89. The smallest absolute Gasteiger partial charge is 0.423 e. The van der Waals surface area contributed by atoms with E-state index in [1.165, 1.54) is 6.07 Å². The van der Waals surface area contributed by atoms with Crippen LogP contribution in [0.15, 0.2) is 30.6 Å². The fraction of sp³-hybridized carbons (Fsp3) is 0.308. The van der Waals surface area contributed by atoms with Crippen LogP contribution >= 0.6 is 0 Å². The van der Waals surface area contributed by atoms with Crippen molar-refractivity contribution >= 4 is 12.6 Å². The van der Waals surface area contributed by atoms with Gasteiger partial charge in [0, 0.05) is 26.0 Å². The molecule has 20 heavy (non-hydrogen) atoms. The number of hydrogen-bond donors (Lipinski definition) is 2. The summed E-state index contributed by atoms with van der Waals surface area (Å²) in [4.78, 5) is 6.20. The van der Waals surface area contributed by atoms with Crippen molar-refractivity contribution in [1.82, 2.24) is 14.5 Å². The lowest BCUT2D eigenvalue weighted by Crippen LogP contribution is -2.31. The summed E-state index contributed by atoms with van der Waals surface area (Å²) in [5.41, 5.74) is 0.843. The molecule has 2 N–H and O–H groups in total. The van der Waals surface area contributed by atoms with Crippen LogP contribution < -0.4 is 5.46 Å². The van der Waals surface area contributed by atoms with E-state index in [1.807, 2.05) is 29.8 Å². The molecule has 0 aliphatic heterocycles. The summed E-state index contributed by atoms with van der Waals surface area (Å²) in [6.07, 6.45) is 3.59. The molecule has 0 saturated carbocycles. The van der Waals surface area contributed by atoms with Crippen LogP contribution in [0.2, 0.25) is 0 Å². The fourth-order valence-electron chi connectivity index (χ4n) is 2.07. The zero-order valence-electron chi connectivity index (χ0n) is 11.5. The number of hydrogen-bond acceptors (Lipinski definition) is 4. The molecule has 0 bridgehead atoms. The number of nitrogens with zero attached hydrogens (tertiary/aromatic N) is 3. The number of aryl methyl sites for hydroxylation is 1. The minimum atomic E-state index is -1.66. The van der Waals surface area contributed by atoms with Crippen molar-refractivity contribution in [3.63, 3.8) is 0 Å². The molecular weight excluding hydrogens is 260 g/mol.